The molecule has 0 spiro atoms. The predicted octanol–water partition coefficient (Wildman–Crippen LogP) is 13.2. The Morgan fingerprint density at radius 2 is 0.845 bits per heavy atom. The predicted molar refractivity (Wildman–Crippen MR) is 238 cm³/mol. The molecule has 10 nitrogen and oxygen atoms in total. The largest absolute Gasteiger partial charge is 0.472 e. The summed E-state index contributed by atoms with van der Waals surface area (Å²) in [6.07, 6.45) is 43.3. The maximum Gasteiger partial charge on any atom is 0.472 e. The van der Waals surface area contributed by atoms with Crippen LogP contribution < -0.4 is 0 Å². The fourth-order valence-corrected chi connectivity index (χ4v) is 7.72. The van der Waals surface area contributed by atoms with Crippen molar-refractivity contribution >= 4 is 19.8 Å². The summed E-state index contributed by atoms with van der Waals surface area (Å²) in [7, 11) is -4.62. The number of hydrogen-bond donors (Lipinski definition) is 3. The average molecular weight is 847 g/mol. The van der Waals surface area contributed by atoms with Crippen LogP contribution in [0.25, 0.3) is 0 Å². The standard InChI is InChI=1S/C47H91O10P/c1-3-5-7-9-11-13-15-17-18-19-20-21-22-23-24-25-27-28-30-32-34-36-38-46(50)54-42-45(43-56-58(52,53)55-41-44(49)40-48)57-47(51)39-37-35-33-31-29-26-16-14-12-10-8-6-4-2/h26,29,44-45,48-49H,3-25,27-28,30-43H2,1-2H3,(H,52,53)/b29-26+/t44-,45-/m1/s1. The Hall–Kier alpha value is -1.29. The monoisotopic (exact) mass is 847 g/mol. The molecule has 0 saturated heterocycles. The number of allylic oxidation sites excluding steroid dienone is 2. The van der Waals surface area contributed by atoms with E-state index in [1.807, 2.05) is 0 Å². The number of rotatable bonds is 46. The van der Waals surface area contributed by atoms with Crippen LogP contribution in [0.5, 0.6) is 0 Å². The van der Waals surface area contributed by atoms with E-state index < -0.39 is 51.8 Å². The molecule has 0 rings (SSSR count). The molecule has 58 heavy (non-hydrogen) atoms. The van der Waals surface area contributed by atoms with Crippen molar-refractivity contribution in [2.75, 3.05) is 26.4 Å². The summed E-state index contributed by atoms with van der Waals surface area (Å²) in [6, 6.07) is 0. The molecule has 0 heterocycles. The first-order chi connectivity index (χ1) is 28.2. The Kier molecular flexibility index (Phi) is 42.8. The lowest BCUT2D eigenvalue weighted by Gasteiger charge is -2.20. The van der Waals surface area contributed by atoms with Crippen LogP contribution in [-0.4, -0.2) is 65.7 Å². The topological polar surface area (TPSA) is 149 Å². The van der Waals surface area contributed by atoms with Gasteiger partial charge in [-0.05, 0) is 38.5 Å². The first kappa shape index (κ1) is 56.7. The van der Waals surface area contributed by atoms with Crippen LogP contribution in [0.15, 0.2) is 12.2 Å². The zero-order valence-corrected chi connectivity index (χ0v) is 38.4. The number of carbonyl (C=O) groups excluding carboxylic acids is 2. The molecule has 3 atom stereocenters. The van der Waals surface area contributed by atoms with Gasteiger partial charge in [-0.25, -0.2) is 4.57 Å². The molecule has 0 aromatic carbocycles. The molecule has 0 aliphatic heterocycles. The Labute approximate surface area is 356 Å². The molecule has 344 valence electrons. The van der Waals surface area contributed by atoms with Crippen molar-refractivity contribution in [2.24, 2.45) is 0 Å². The number of carbonyl (C=O) groups is 2. The minimum atomic E-state index is -4.62. The van der Waals surface area contributed by atoms with Crippen molar-refractivity contribution in [3.05, 3.63) is 12.2 Å². The van der Waals surface area contributed by atoms with Gasteiger partial charge in [-0.1, -0.05) is 199 Å². The van der Waals surface area contributed by atoms with E-state index in [4.69, 9.17) is 23.6 Å². The normalized spacial score (nSPS) is 13.8. The zero-order valence-electron chi connectivity index (χ0n) is 37.5. The minimum Gasteiger partial charge on any atom is -0.462 e. The van der Waals surface area contributed by atoms with Gasteiger partial charge >= 0.3 is 19.8 Å². The van der Waals surface area contributed by atoms with Gasteiger partial charge in [0.25, 0.3) is 0 Å². The molecule has 1 unspecified atom stereocenters. The number of phosphoric ester groups is 1. The van der Waals surface area contributed by atoms with E-state index in [9.17, 15) is 24.2 Å². The summed E-state index contributed by atoms with van der Waals surface area (Å²) in [5.41, 5.74) is 0. The highest BCUT2D eigenvalue weighted by Crippen LogP contribution is 2.43. The van der Waals surface area contributed by atoms with E-state index in [1.54, 1.807) is 0 Å². The van der Waals surface area contributed by atoms with Gasteiger partial charge in [0, 0.05) is 12.8 Å². The van der Waals surface area contributed by atoms with E-state index in [-0.39, 0.29) is 19.4 Å². The first-order valence-electron chi connectivity index (χ1n) is 24.1. The third kappa shape index (κ3) is 42.8. The lowest BCUT2D eigenvalue weighted by Crippen LogP contribution is -2.29. The highest BCUT2D eigenvalue weighted by Gasteiger charge is 2.27. The lowest BCUT2D eigenvalue weighted by molar-refractivity contribution is -0.161. The van der Waals surface area contributed by atoms with Crippen LogP contribution in [0.1, 0.15) is 239 Å². The van der Waals surface area contributed by atoms with Gasteiger partial charge < -0.3 is 24.6 Å². The van der Waals surface area contributed by atoms with Crippen molar-refractivity contribution in [2.45, 2.75) is 251 Å². The Bertz CT molecular complexity index is 977. The maximum absolute atomic E-state index is 12.6. The van der Waals surface area contributed by atoms with Gasteiger partial charge in [-0.2, -0.15) is 0 Å². The molecule has 0 bridgehead atoms. The Balaban J connectivity index is 4.13. The number of phosphoric acid groups is 1. The quantitative estimate of drug-likeness (QED) is 0.0234. The summed E-state index contributed by atoms with van der Waals surface area (Å²) >= 11 is 0. The van der Waals surface area contributed by atoms with Crippen molar-refractivity contribution in [1.82, 2.24) is 0 Å². The molecule has 0 radical (unpaired) electrons. The van der Waals surface area contributed by atoms with Gasteiger partial charge in [0.05, 0.1) is 19.8 Å². The molecule has 0 saturated carbocycles. The van der Waals surface area contributed by atoms with Crippen molar-refractivity contribution in [3.8, 4) is 0 Å². The zero-order chi connectivity index (χ0) is 42.6. The van der Waals surface area contributed by atoms with E-state index in [1.165, 1.54) is 154 Å². The van der Waals surface area contributed by atoms with E-state index in [0.717, 1.165) is 44.9 Å². The van der Waals surface area contributed by atoms with Crippen molar-refractivity contribution in [1.29, 1.82) is 0 Å². The minimum absolute atomic E-state index is 0.168. The number of hydrogen-bond acceptors (Lipinski definition) is 9. The van der Waals surface area contributed by atoms with Gasteiger partial charge in [-0.15, -0.1) is 0 Å². The second-order valence-electron chi connectivity index (χ2n) is 16.5. The number of ether oxygens (including phenoxy) is 2. The molecular weight excluding hydrogens is 755 g/mol. The second-order valence-corrected chi connectivity index (χ2v) is 17.9. The number of esters is 2. The van der Waals surface area contributed by atoms with Crippen LogP contribution in [-0.2, 0) is 32.7 Å². The van der Waals surface area contributed by atoms with Crippen molar-refractivity contribution < 1.29 is 47.8 Å². The molecule has 0 amide bonds. The fraction of sp³-hybridized carbons (Fsp3) is 0.915. The summed E-state index contributed by atoms with van der Waals surface area (Å²) in [5.74, 6) is -0.930. The van der Waals surface area contributed by atoms with Gasteiger partial charge in [0.1, 0.15) is 12.7 Å². The molecule has 0 aliphatic carbocycles. The van der Waals surface area contributed by atoms with Crippen LogP contribution in [0, 0.1) is 0 Å². The summed E-state index contributed by atoms with van der Waals surface area (Å²) < 4.78 is 32.8. The van der Waals surface area contributed by atoms with E-state index in [0.29, 0.717) is 12.8 Å². The SMILES string of the molecule is CCCCCCCC/C=C/CCCCCC(=O)O[C@H](COC(=O)CCCCCCCCCCCCCCCCCCCCCCCC)COP(=O)(O)OC[C@H](O)CO. The van der Waals surface area contributed by atoms with Crippen LogP contribution in [0.4, 0.5) is 0 Å². The van der Waals surface area contributed by atoms with Gasteiger partial charge in [0.2, 0.25) is 0 Å². The van der Waals surface area contributed by atoms with Gasteiger partial charge in [-0.3, -0.25) is 18.6 Å². The number of unbranched alkanes of at least 4 members (excludes halogenated alkanes) is 30. The highest BCUT2D eigenvalue weighted by atomic mass is 31.2. The van der Waals surface area contributed by atoms with E-state index >= 15 is 0 Å². The molecule has 0 aromatic heterocycles. The van der Waals surface area contributed by atoms with E-state index in [2.05, 4.69) is 26.0 Å². The summed E-state index contributed by atoms with van der Waals surface area (Å²) in [6.45, 7) is 2.40. The van der Waals surface area contributed by atoms with Crippen LogP contribution >= 0.6 is 7.82 Å². The molecule has 0 aliphatic rings. The molecule has 11 heteroatoms. The molecule has 3 N–H and O–H groups in total. The Morgan fingerprint density at radius 1 is 0.500 bits per heavy atom. The highest BCUT2D eigenvalue weighted by molar-refractivity contribution is 7.47. The molecule has 0 aromatic rings. The first-order valence-corrected chi connectivity index (χ1v) is 25.6. The maximum atomic E-state index is 12.6. The molecular formula is C47H91O10P. The van der Waals surface area contributed by atoms with Crippen LogP contribution in [0.2, 0.25) is 0 Å². The lowest BCUT2D eigenvalue weighted by atomic mass is 10.0. The average Bonchev–Trinajstić information content (AvgIpc) is 3.21. The van der Waals surface area contributed by atoms with Gasteiger partial charge in [0.15, 0.2) is 6.10 Å². The number of aliphatic hydroxyl groups is 2. The third-order valence-corrected chi connectivity index (χ3v) is 11.6. The third-order valence-electron chi connectivity index (χ3n) is 10.7. The van der Waals surface area contributed by atoms with Crippen molar-refractivity contribution in [3.63, 3.8) is 0 Å². The Morgan fingerprint density at radius 3 is 1.26 bits per heavy atom. The smallest absolute Gasteiger partial charge is 0.462 e. The number of aliphatic hydroxyl groups excluding tert-OH is 2. The summed E-state index contributed by atoms with van der Waals surface area (Å²) in [4.78, 5) is 35.0. The van der Waals surface area contributed by atoms with Crippen LogP contribution in [0.3, 0.4) is 0 Å². The molecule has 0 fully saturated rings. The summed E-state index contributed by atoms with van der Waals surface area (Å²) in [5, 5.41) is 18.3. The fourth-order valence-electron chi connectivity index (χ4n) is 6.93. The second kappa shape index (κ2) is 43.8.